The Morgan fingerprint density at radius 3 is 2.75 bits per heavy atom. The number of nitrogens with two attached hydrogens (primary N) is 1. The molecule has 0 saturated heterocycles. The molecule has 154 valence electrons. The number of anilines is 1. The van der Waals surface area contributed by atoms with Gasteiger partial charge in [0.25, 0.3) is 10.2 Å². The molecule has 0 atom stereocenters. The highest BCUT2D eigenvalue weighted by molar-refractivity contribution is 7.86. The van der Waals surface area contributed by atoms with Crippen LogP contribution in [0.25, 0.3) is 10.2 Å². The van der Waals surface area contributed by atoms with Crippen LogP contribution in [0.15, 0.2) is 6.33 Å². The second-order valence-electron chi connectivity index (χ2n) is 7.76. The Labute approximate surface area is 170 Å². The first-order valence-corrected chi connectivity index (χ1v) is 12.2. The van der Waals surface area contributed by atoms with Gasteiger partial charge in [-0.05, 0) is 51.3 Å². The fourth-order valence-electron chi connectivity index (χ4n) is 4.33. The van der Waals surface area contributed by atoms with Crippen molar-refractivity contribution in [2.45, 2.75) is 57.7 Å². The Bertz CT molecular complexity index is 952. The average molecular weight is 425 g/mol. The van der Waals surface area contributed by atoms with E-state index in [-0.39, 0.29) is 0 Å². The molecule has 1 aliphatic carbocycles. The number of rotatable bonds is 5. The van der Waals surface area contributed by atoms with Gasteiger partial charge >= 0.3 is 0 Å². The van der Waals surface area contributed by atoms with Crippen LogP contribution in [0.3, 0.4) is 0 Å². The SMILES string of the molecule is CCN(C)C1CCC(Nc2ncnc3sc4c(c23)CN(S(N)(=O)=O)CC4)CC1. The molecule has 1 saturated carbocycles. The van der Waals surface area contributed by atoms with Crippen molar-refractivity contribution in [3.8, 4) is 0 Å². The Morgan fingerprint density at radius 1 is 1.32 bits per heavy atom. The monoisotopic (exact) mass is 424 g/mol. The van der Waals surface area contributed by atoms with Crippen LogP contribution in [-0.2, 0) is 23.2 Å². The lowest BCUT2D eigenvalue weighted by atomic mass is 9.90. The number of fused-ring (bicyclic) bond motifs is 3. The zero-order valence-corrected chi connectivity index (χ0v) is 18.0. The molecule has 1 fully saturated rings. The summed E-state index contributed by atoms with van der Waals surface area (Å²) < 4.78 is 25.0. The summed E-state index contributed by atoms with van der Waals surface area (Å²) in [7, 11) is -1.50. The van der Waals surface area contributed by atoms with Crippen molar-refractivity contribution in [1.82, 2.24) is 19.2 Å². The molecule has 1 aliphatic heterocycles. The topological polar surface area (TPSA) is 104 Å². The standard InChI is InChI=1S/C18H28N6O2S2/c1-3-23(2)13-6-4-12(5-7-13)22-17-16-14-10-24(28(19,25)26)9-8-15(14)27-18(16)21-11-20-17/h11-13H,3-10H2,1-2H3,(H2,19,25,26)(H,20,21,22). The van der Waals surface area contributed by atoms with Gasteiger partial charge in [-0.25, -0.2) is 15.1 Å². The third-order valence-electron chi connectivity index (χ3n) is 6.11. The second kappa shape index (κ2) is 7.83. The lowest BCUT2D eigenvalue weighted by molar-refractivity contribution is 0.194. The van der Waals surface area contributed by atoms with Crippen molar-refractivity contribution in [3.05, 3.63) is 16.8 Å². The molecule has 0 amide bonds. The van der Waals surface area contributed by atoms with Gasteiger partial charge < -0.3 is 10.2 Å². The van der Waals surface area contributed by atoms with E-state index in [1.54, 1.807) is 17.7 Å². The van der Waals surface area contributed by atoms with Crippen molar-refractivity contribution in [3.63, 3.8) is 0 Å². The van der Waals surface area contributed by atoms with E-state index in [0.29, 0.717) is 31.6 Å². The van der Waals surface area contributed by atoms with E-state index in [4.69, 9.17) is 5.14 Å². The van der Waals surface area contributed by atoms with Gasteiger partial charge in [0.2, 0.25) is 0 Å². The molecule has 10 heteroatoms. The van der Waals surface area contributed by atoms with E-state index in [1.165, 1.54) is 22.0 Å². The fourth-order valence-corrected chi connectivity index (χ4v) is 6.12. The van der Waals surface area contributed by atoms with Crippen LogP contribution in [0.5, 0.6) is 0 Å². The van der Waals surface area contributed by atoms with Crippen molar-refractivity contribution in [2.75, 3.05) is 25.5 Å². The molecule has 0 aromatic carbocycles. The molecule has 0 spiro atoms. The van der Waals surface area contributed by atoms with Crippen molar-refractivity contribution in [1.29, 1.82) is 0 Å². The maximum absolute atomic E-state index is 11.8. The minimum absolute atomic E-state index is 0.296. The van der Waals surface area contributed by atoms with Crippen molar-refractivity contribution >= 4 is 37.6 Å². The summed E-state index contributed by atoms with van der Waals surface area (Å²) >= 11 is 1.64. The average Bonchev–Trinajstić information content (AvgIpc) is 3.06. The molecule has 0 bridgehead atoms. The van der Waals surface area contributed by atoms with Gasteiger partial charge in [0.15, 0.2) is 0 Å². The minimum Gasteiger partial charge on any atom is -0.367 e. The molecule has 2 aliphatic rings. The molecule has 4 rings (SSSR count). The first-order chi connectivity index (χ1) is 13.4. The molecule has 28 heavy (non-hydrogen) atoms. The Balaban J connectivity index is 1.57. The molecule has 3 heterocycles. The van der Waals surface area contributed by atoms with Gasteiger partial charge in [-0.1, -0.05) is 6.92 Å². The molecule has 8 nitrogen and oxygen atoms in total. The number of nitrogens with zero attached hydrogens (tertiary/aromatic N) is 4. The van der Waals surface area contributed by atoms with Crippen LogP contribution in [0, 0.1) is 0 Å². The molecule has 3 N–H and O–H groups in total. The number of aromatic nitrogens is 2. The normalized spacial score (nSPS) is 23.9. The molecular formula is C18H28N6O2S2. The number of hydrogen-bond donors (Lipinski definition) is 2. The molecule has 2 aromatic heterocycles. The number of thiophene rings is 1. The first kappa shape index (κ1) is 20.0. The largest absolute Gasteiger partial charge is 0.367 e. The predicted molar refractivity (Wildman–Crippen MR) is 113 cm³/mol. The maximum atomic E-state index is 11.8. The highest BCUT2D eigenvalue weighted by Gasteiger charge is 2.29. The summed E-state index contributed by atoms with van der Waals surface area (Å²) in [5.74, 6) is 0.825. The summed E-state index contributed by atoms with van der Waals surface area (Å²) in [6.45, 7) is 4.00. The van der Waals surface area contributed by atoms with E-state index >= 15 is 0 Å². The van der Waals surface area contributed by atoms with Crippen LogP contribution in [-0.4, -0.2) is 59.8 Å². The van der Waals surface area contributed by atoms with Gasteiger partial charge in [0.1, 0.15) is 17.0 Å². The summed E-state index contributed by atoms with van der Waals surface area (Å²) in [6.07, 6.45) is 6.84. The Morgan fingerprint density at radius 2 is 2.07 bits per heavy atom. The van der Waals surface area contributed by atoms with Crippen molar-refractivity contribution in [2.24, 2.45) is 5.14 Å². The third-order valence-corrected chi connectivity index (χ3v) is 8.34. The summed E-state index contributed by atoms with van der Waals surface area (Å²) in [5, 5.41) is 9.96. The van der Waals surface area contributed by atoms with Gasteiger partial charge in [0.05, 0.1) is 5.39 Å². The Hall–Kier alpha value is -1.33. The molecule has 0 unspecified atom stereocenters. The molecular weight excluding hydrogens is 396 g/mol. The number of hydrogen-bond acceptors (Lipinski definition) is 7. The first-order valence-electron chi connectivity index (χ1n) is 9.86. The van der Waals surface area contributed by atoms with E-state index in [2.05, 4.69) is 34.2 Å². The van der Waals surface area contributed by atoms with Crippen molar-refractivity contribution < 1.29 is 8.42 Å². The molecule has 0 radical (unpaired) electrons. The lowest BCUT2D eigenvalue weighted by Gasteiger charge is -2.34. The van der Waals surface area contributed by atoms with Crippen LogP contribution in [0.4, 0.5) is 5.82 Å². The Kier molecular flexibility index (Phi) is 5.58. The van der Waals surface area contributed by atoms with E-state index < -0.39 is 10.2 Å². The quantitative estimate of drug-likeness (QED) is 0.760. The zero-order chi connectivity index (χ0) is 19.9. The smallest absolute Gasteiger partial charge is 0.277 e. The highest BCUT2D eigenvalue weighted by Crippen LogP contribution is 2.38. The zero-order valence-electron chi connectivity index (χ0n) is 16.4. The van der Waals surface area contributed by atoms with Crippen LogP contribution in [0.2, 0.25) is 0 Å². The highest BCUT2D eigenvalue weighted by atomic mass is 32.2. The number of nitrogens with one attached hydrogen (secondary N) is 1. The van der Waals surface area contributed by atoms with E-state index in [9.17, 15) is 8.42 Å². The predicted octanol–water partition coefficient (Wildman–Crippen LogP) is 1.93. The van der Waals surface area contributed by atoms with Gasteiger partial charge in [-0.2, -0.15) is 12.7 Å². The second-order valence-corrected chi connectivity index (χ2v) is 10.4. The molecule has 2 aromatic rings. The summed E-state index contributed by atoms with van der Waals surface area (Å²) in [4.78, 5) is 13.5. The van der Waals surface area contributed by atoms with Gasteiger partial charge in [-0.3, -0.25) is 0 Å². The fraction of sp³-hybridized carbons (Fsp3) is 0.667. The lowest BCUT2D eigenvalue weighted by Crippen LogP contribution is -2.40. The van der Waals surface area contributed by atoms with Gasteiger partial charge in [0, 0.05) is 30.1 Å². The summed E-state index contributed by atoms with van der Waals surface area (Å²) in [6, 6.07) is 1.04. The van der Waals surface area contributed by atoms with Crippen LogP contribution >= 0.6 is 11.3 Å². The van der Waals surface area contributed by atoms with E-state index in [1.807, 2.05) is 0 Å². The summed E-state index contributed by atoms with van der Waals surface area (Å²) in [5.41, 5.74) is 1.00. The van der Waals surface area contributed by atoms with Gasteiger partial charge in [-0.15, -0.1) is 11.3 Å². The maximum Gasteiger partial charge on any atom is 0.277 e. The minimum atomic E-state index is -3.70. The van der Waals surface area contributed by atoms with E-state index in [0.717, 1.165) is 41.0 Å². The van der Waals surface area contributed by atoms with Crippen LogP contribution < -0.4 is 10.5 Å². The third kappa shape index (κ3) is 3.88. The van der Waals surface area contributed by atoms with Crippen LogP contribution in [0.1, 0.15) is 43.0 Å².